The van der Waals surface area contributed by atoms with Gasteiger partial charge in [0, 0.05) is 23.6 Å². The molecule has 5 unspecified atom stereocenters. The number of sulfone groups is 1. The zero-order valence-corrected chi connectivity index (χ0v) is 19.3. The number of nitrogens with one attached hydrogen (secondary N) is 2. The molecule has 2 amide bonds. The molecule has 8 nitrogen and oxygen atoms in total. The number of amides is 2. The standard InChI is InChI=1S/C24H28N2O6S/c1-14-3-6-16(7-4-14)25-23(28)15-5-12-19-20(13-15)26-24(29)22(21(19)27)33(30,31)18-10-8-17(32-2)9-11-18/h3-4,6-11,15,19-22,27H,5,12-13H2,1-2H3,(H,25,28)(H,26,29). The topological polar surface area (TPSA) is 122 Å². The number of hydrogen-bond donors (Lipinski definition) is 3. The number of ether oxygens (including phenoxy) is 1. The van der Waals surface area contributed by atoms with Gasteiger partial charge in [0.25, 0.3) is 0 Å². The fourth-order valence-corrected chi connectivity index (χ4v) is 6.50. The number of methoxy groups -OCH3 is 1. The van der Waals surface area contributed by atoms with E-state index in [2.05, 4.69) is 10.6 Å². The molecule has 9 heteroatoms. The predicted molar refractivity (Wildman–Crippen MR) is 123 cm³/mol. The second-order valence-corrected chi connectivity index (χ2v) is 10.8. The highest BCUT2D eigenvalue weighted by atomic mass is 32.2. The number of rotatable bonds is 5. The molecule has 1 saturated carbocycles. The van der Waals surface area contributed by atoms with Crippen molar-refractivity contribution in [3.8, 4) is 5.75 Å². The predicted octanol–water partition coefficient (Wildman–Crippen LogP) is 2.06. The molecule has 1 saturated heterocycles. The summed E-state index contributed by atoms with van der Waals surface area (Å²) in [7, 11) is -2.64. The Kier molecular flexibility index (Phi) is 6.45. The Morgan fingerprint density at radius 1 is 1.09 bits per heavy atom. The summed E-state index contributed by atoms with van der Waals surface area (Å²) in [6.07, 6.45) is -0.0640. The Morgan fingerprint density at radius 3 is 2.39 bits per heavy atom. The molecule has 1 aliphatic heterocycles. The van der Waals surface area contributed by atoms with Gasteiger partial charge in [0.05, 0.1) is 18.1 Å². The number of carbonyl (C=O) groups is 2. The summed E-state index contributed by atoms with van der Waals surface area (Å²) >= 11 is 0. The Balaban J connectivity index is 1.46. The first-order valence-corrected chi connectivity index (χ1v) is 12.5. The van der Waals surface area contributed by atoms with Crippen LogP contribution in [-0.2, 0) is 19.4 Å². The van der Waals surface area contributed by atoms with E-state index in [1.54, 1.807) is 0 Å². The number of aryl methyl sites for hydroxylation is 1. The highest BCUT2D eigenvalue weighted by Gasteiger charge is 2.52. The maximum atomic E-state index is 13.2. The largest absolute Gasteiger partial charge is 0.497 e. The summed E-state index contributed by atoms with van der Waals surface area (Å²) in [5.41, 5.74) is 1.79. The number of benzene rings is 2. The Labute approximate surface area is 193 Å². The van der Waals surface area contributed by atoms with Crippen LogP contribution in [0.5, 0.6) is 5.75 Å². The molecule has 0 radical (unpaired) electrons. The minimum atomic E-state index is -4.11. The van der Waals surface area contributed by atoms with Crippen LogP contribution in [0.2, 0.25) is 0 Å². The highest BCUT2D eigenvalue weighted by molar-refractivity contribution is 7.92. The van der Waals surface area contributed by atoms with E-state index in [9.17, 15) is 23.1 Å². The molecule has 0 aromatic heterocycles. The molecule has 3 N–H and O–H groups in total. The van der Waals surface area contributed by atoms with Crippen LogP contribution in [0.25, 0.3) is 0 Å². The van der Waals surface area contributed by atoms with E-state index >= 15 is 0 Å². The van der Waals surface area contributed by atoms with Gasteiger partial charge in [-0.2, -0.15) is 0 Å². The van der Waals surface area contributed by atoms with E-state index in [1.807, 2.05) is 31.2 Å². The molecule has 0 spiro atoms. The lowest BCUT2D eigenvalue weighted by Gasteiger charge is -2.44. The van der Waals surface area contributed by atoms with E-state index in [4.69, 9.17) is 4.74 Å². The Bertz CT molecular complexity index is 1130. The zero-order chi connectivity index (χ0) is 23.8. The van der Waals surface area contributed by atoms with Gasteiger partial charge < -0.3 is 20.5 Å². The number of anilines is 1. The summed E-state index contributed by atoms with van der Waals surface area (Å²) in [6, 6.07) is 12.8. The number of piperidine rings is 1. The van der Waals surface area contributed by atoms with Crippen LogP contribution in [0.4, 0.5) is 5.69 Å². The third kappa shape index (κ3) is 4.60. The van der Waals surface area contributed by atoms with Crippen LogP contribution in [0.15, 0.2) is 53.4 Å². The molecular weight excluding hydrogens is 444 g/mol. The van der Waals surface area contributed by atoms with E-state index in [1.165, 1.54) is 31.4 Å². The maximum Gasteiger partial charge on any atom is 0.241 e. The Morgan fingerprint density at radius 2 is 1.76 bits per heavy atom. The molecule has 5 atom stereocenters. The van der Waals surface area contributed by atoms with E-state index in [0.717, 1.165) is 5.56 Å². The zero-order valence-electron chi connectivity index (χ0n) is 18.5. The summed E-state index contributed by atoms with van der Waals surface area (Å²) in [5, 5.41) is 15.0. The van der Waals surface area contributed by atoms with Gasteiger partial charge in [-0.05, 0) is 62.6 Å². The van der Waals surface area contributed by atoms with Crippen LogP contribution in [0, 0.1) is 18.8 Å². The first kappa shape index (κ1) is 23.3. The van der Waals surface area contributed by atoms with Crippen molar-refractivity contribution in [1.29, 1.82) is 0 Å². The smallest absolute Gasteiger partial charge is 0.241 e. The SMILES string of the molecule is COc1ccc(S(=O)(=O)C2C(=O)NC3CC(C(=O)Nc4ccc(C)cc4)CCC3C2O)cc1. The van der Waals surface area contributed by atoms with Crippen molar-refractivity contribution in [3.05, 3.63) is 54.1 Å². The second-order valence-electron chi connectivity index (χ2n) is 8.78. The van der Waals surface area contributed by atoms with Crippen molar-refractivity contribution in [2.45, 2.75) is 48.5 Å². The van der Waals surface area contributed by atoms with Crippen molar-refractivity contribution in [1.82, 2.24) is 5.32 Å². The van der Waals surface area contributed by atoms with Gasteiger partial charge in [0.1, 0.15) is 5.75 Å². The van der Waals surface area contributed by atoms with Gasteiger partial charge in [0.15, 0.2) is 15.1 Å². The summed E-state index contributed by atoms with van der Waals surface area (Å²) < 4.78 is 31.4. The quantitative estimate of drug-likeness (QED) is 0.612. The average Bonchev–Trinajstić information content (AvgIpc) is 2.80. The Hall–Kier alpha value is -2.91. The third-order valence-electron chi connectivity index (χ3n) is 6.65. The molecule has 33 heavy (non-hydrogen) atoms. The second kappa shape index (κ2) is 9.15. The number of hydrogen-bond acceptors (Lipinski definition) is 6. The fraction of sp³-hybridized carbons (Fsp3) is 0.417. The normalized spacial score (nSPS) is 27.2. The van der Waals surface area contributed by atoms with Gasteiger partial charge >= 0.3 is 0 Å². The van der Waals surface area contributed by atoms with Gasteiger partial charge in [0.2, 0.25) is 11.8 Å². The molecule has 1 aliphatic carbocycles. The van der Waals surface area contributed by atoms with Gasteiger partial charge in [-0.25, -0.2) is 8.42 Å². The lowest BCUT2D eigenvalue weighted by atomic mass is 9.73. The van der Waals surface area contributed by atoms with E-state index < -0.39 is 39.1 Å². The van der Waals surface area contributed by atoms with Crippen molar-refractivity contribution in [2.24, 2.45) is 11.8 Å². The van der Waals surface area contributed by atoms with Crippen LogP contribution >= 0.6 is 0 Å². The molecule has 2 fully saturated rings. The molecule has 4 rings (SSSR count). The van der Waals surface area contributed by atoms with Crippen molar-refractivity contribution >= 4 is 27.3 Å². The van der Waals surface area contributed by atoms with Crippen LogP contribution in [0.3, 0.4) is 0 Å². The molecule has 2 aliphatic rings. The monoisotopic (exact) mass is 472 g/mol. The number of fused-ring (bicyclic) bond motifs is 1. The summed E-state index contributed by atoms with van der Waals surface area (Å²) in [4.78, 5) is 25.5. The number of aliphatic hydroxyl groups excluding tert-OH is 1. The number of carbonyl (C=O) groups excluding carboxylic acids is 2. The molecule has 2 aromatic rings. The van der Waals surface area contributed by atoms with Crippen LogP contribution < -0.4 is 15.4 Å². The van der Waals surface area contributed by atoms with Crippen molar-refractivity contribution < 1.29 is 27.9 Å². The summed E-state index contributed by atoms with van der Waals surface area (Å²) in [5.74, 6) is -1.17. The van der Waals surface area contributed by atoms with Gasteiger partial charge in [-0.15, -0.1) is 0 Å². The lowest BCUT2D eigenvalue weighted by Crippen LogP contribution is -2.63. The molecule has 0 bridgehead atoms. The minimum absolute atomic E-state index is 0.0490. The minimum Gasteiger partial charge on any atom is -0.497 e. The molecule has 2 aromatic carbocycles. The van der Waals surface area contributed by atoms with E-state index in [-0.39, 0.29) is 16.7 Å². The lowest BCUT2D eigenvalue weighted by molar-refractivity contribution is -0.132. The summed E-state index contributed by atoms with van der Waals surface area (Å²) in [6.45, 7) is 1.96. The van der Waals surface area contributed by atoms with Crippen molar-refractivity contribution in [2.75, 3.05) is 12.4 Å². The fourth-order valence-electron chi connectivity index (χ4n) is 4.77. The molecular formula is C24H28N2O6S. The first-order valence-electron chi connectivity index (χ1n) is 10.9. The van der Waals surface area contributed by atoms with E-state index in [0.29, 0.717) is 30.7 Å². The van der Waals surface area contributed by atoms with Crippen LogP contribution in [0.1, 0.15) is 24.8 Å². The van der Waals surface area contributed by atoms with Crippen molar-refractivity contribution in [3.63, 3.8) is 0 Å². The first-order chi connectivity index (χ1) is 15.7. The molecule has 1 heterocycles. The number of aliphatic hydroxyl groups is 1. The van der Waals surface area contributed by atoms with Gasteiger partial charge in [-0.1, -0.05) is 17.7 Å². The maximum absolute atomic E-state index is 13.2. The third-order valence-corrected chi connectivity index (χ3v) is 8.74. The van der Waals surface area contributed by atoms with Gasteiger partial charge in [-0.3, -0.25) is 9.59 Å². The average molecular weight is 473 g/mol. The van der Waals surface area contributed by atoms with Crippen LogP contribution in [-0.4, -0.2) is 49.8 Å². The highest BCUT2D eigenvalue weighted by Crippen LogP contribution is 2.38. The molecule has 176 valence electrons.